The van der Waals surface area contributed by atoms with E-state index in [1.54, 1.807) is 0 Å². The largest absolute Gasteiger partial charge is 0.445 e. The number of Topliss-reactive ketones (excluding diaryl/α,β-unsaturated/α-hetero) is 1. The fourth-order valence-electron chi connectivity index (χ4n) is 1.96. The van der Waals surface area contributed by atoms with Gasteiger partial charge in [-0.25, -0.2) is 4.79 Å². The highest BCUT2D eigenvalue weighted by molar-refractivity contribution is 5.91. The second-order valence-corrected chi connectivity index (χ2v) is 4.24. The fraction of sp³-hybridized carbons (Fsp3) is 0.385. The summed E-state index contributed by atoms with van der Waals surface area (Å²) in [6, 6.07) is 9.14. The molecule has 1 aromatic carbocycles. The van der Waals surface area contributed by atoms with Crippen molar-refractivity contribution in [2.75, 3.05) is 0 Å². The summed E-state index contributed by atoms with van der Waals surface area (Å²) in [6.07, 6.45) is -0.415. The summed E-state index contributed by atoms with van der Waals surface area (Å²) >= 11 is 0. The van der Waals surface area contributed by atoms with Crippen LogP contribution in [-0.2, 0) is 16.1 Å². The van der Waals surface area contributed by atoms with E-state index in [1.165, 1.54) is 11.8 Å². The highest BCUT2D eigenvalue weighted by atomic mass is 16.6. The van der Waals surface area contributed by atoms with Crippen molar-refractivity contribution in [3.05, 3.63) is 35.9 Å². The third-order valence-corrected chi connectivity index (χ3v) is 2.94. The molecule has 1 aromatic rings. The topological polar surface area (TPSA) is 46.4 Å². The lowest BCUT2D eigenvalue weighted by Crippen LogP contribution is -2.18. The molecule has 1 fully saturated rings. The van der Waals surface area contributed by atoms with Crippen molar-refractivity contribution in [2.45, 2.75) is 32.5 Å². The lowest BCUT2D eigenvalue weighted by atomic mass is 10.2. The monoisotopic (exact) mass is 233 g/mol. The summed E-state index contributed by atoms with van der Waals surface area (Å²) in [4.78, 5) is 24.3. The van der Waals surface area contributed by atoms with Gasteiger partial charge in [0.2, 0.25) is 0 Å². The summed E-state index contributed by atoms with van der Waals surface area (Å²) in [6.45, 7) is 3.58. The molecule has 0 N–H and O–H groups in total. The molecule has 1 aliphatic rings. The van der Waals surface area contributed by atoms with E-state index in [-0.39, 0.29) is 24.5 Å². The van der Waals surface area contributed by atoms with Crippen molar-refractivity contribution < 1.29 is 14.3 Å². The maximum atomic E-state index is 11.7. The van der Waals surface area contributed by atoms with E-state index >= 15 is 0 Å². The number of hydrogen-bond acceptors (Lipinski definition) is 3. The molecule has 17 heavy (non-hydrogen) atoms. The second kappa shape index (κ2) is 4.57. The summed E-state index contributed by atoms with van der Waals surface area (Å²) in [7, 11) is 0. The Morgan fingerprint density at radius 2 is 1.94 bits per heavy atom. The van der Waals surface area contributed by atoms with Gasteiger partial charge in [0.25, 0.3) is 0 Å². The van der Waals surface area contributed by atoms with Crippen LogP contribution in [0.5, 0.6) is 0 Å². The first-order valence-corrected chi connectivity index (χ1v) is 5.60. The number of rotatable bonds is 3. The van der Waals surface area contributed by atoms with Gasteiger partial charge in [-0.1, -0.05) is 30.3 Å². The summed E-state index contributed by atoms with van der Waals surface area (Å²) in [5.74, 6) is 0.00848. The van der Waals surface area contributed by atoms with Crippen LogP contribution in [0.4, 0.5) is 4.79 Å². The standard InChI is InChI=1S/C13H15NO3/c1-9-12(10(2)15)14(9)13(16)17-8-11-6-4-3-5-7-11/h3-7,9,12H,8H2,1-2H3/t9-,12-,14?/m1/s1. The van der Waals surface area contributed by atoms with Crippen LogP contribution in [0.3, 0.4) is 0 Å². The second-order valence-electron chi connectivity index (χ2n) is 4.24. The Bertz CT molecular complexity index is 430. The van der Waals surface area contributed by atoms with Gasteiger partial charge >= 0.3 is 6.09 Å². The highest BCUT2D eigenvalue weighted by Gasteiger charge is 2.51. The SMILES string of the molecule is CC(=O)[C@H]1[C@@H](C)N1C(=O)OCc1ccccc1. The lowest BCUT2D eigenvalue weighted by Gasteiger charge is -2.06. The minimum absolute atomic E-state index is 0.00848. The molecule has 0 radical (unpaired) electrons. The van der Waals surface area contributed by atoms with Crippen molar-refractivity contribution in [3.8, 4) is 0 Å². The smallest absolute Gasteiger partial charge is 0.411 e. The van der Waals surface area contributed by atoms with E-state index in [1.807, 2.05) is 37.3 Å². The Hall–Kier alpha value is -1.84. The molecule has 1 heterocycles. The van der Waals surface area contributed by atoms with Crippen LogP contribution in [0.1, 0.15) is 19.4 Å². The zero-order valence-corrected chi connectivity index (χ0v) is 9.92. The molecule has 0 aromatic heterocycles. The Labute approximate surface area is 100 Å². The molecule has 1 amide bonds. The van der Waals surface area contributed by atoms with Gasteiger partial charge in [0, 0.05) is 0 Å². The third kappa shape index (κ3) is 2.46. The molecule has 4 heteroatoms. The molecule has 0 aliphatic carbocycles. The van der Waals surface area contributed by atoms with Crippen molar-refractivity contribution in [3.63, 3.8) is 0 Å². The maximum absolute atomic E-state index is 11.7. The maximum Gasteiger partial charge on any atom is 0.411 e. The molecule has 0 saturated carbocycles. The van der Waals surface area contributed by atoms with Gasteiger partial charge in [-0.15, -0.1) is 0 Å². The van der Waals surface area contributed by atoms with Crippen molar-refractivity contribution in [2.24, 2.45) is 0 Å². The molecule has 0 unspecified atom stereocenters. The summed E-state index contributed by atoms with van der Waals surface area (Å²) in [5.41, 5.74) is 0.940. The number of benzene rings is 1. The first kappa shape index (κ1) is 11.6. The van der Waals surface area contributed by atoms with E-state index in [2.05, 4.69) is 0 Å². The number of ether oxygens (including phenoxy) is 1. The van der Waals surface area contributed by atoms with Gasteiger partial charge in [0.15, 0.2) is 5.78 Å². The number of nitrogens with zero attached hydrogens (tertiary/aromatic N) is 1. The Balaban J connectivity index is 1.85. The first-order chi connectivity index (χ1) is 8.11. The Morgan fingerprint density at radius 1 is 1.29 bits per heavy atom. The molecular weight excluding hydrogens is 218 g/mol. The zero-order chi connectivity index (χ0) is 12.4. The molecule has 0 spiro atoms. The first-order valence-electron chi connectivity index (χ1n) is 5.60. The van der Waals surface area contributed by atoms with Crippen molar-refractivity contribution in [1.82, 2.24) is 4.90 Å². The molecule has 4 nitrogen and oxygen atoms in total. The van der Waals surface area contributed by atoms with Gasteiger partial charge in [-0.05, 0) is 19.4 Å². The number of carbonyl (C=O) groups excluding carboxylic acids is 2. The van der Waals surface area contributed by atoms with Crippen LogP contribution in [0.15, 0.2) is 30.3 Å². The molecule has 90 valence electrons. The average Bonchev–Trinajstić information content (AvgIpc) is 2.99. The molecule has 2 atom stereocenters. The van der Waals surface area contributed by atoms with Gasteiger partial charge in [0.1, 0.15) is 12.6 Å². The van der Waals surface area contributed by atoms with Gasteiger partial charge in [0.05, 0.1) is 6.04 Å². The fourth-order valence-corrected chi connectivity index (χ4v) is 1.96. The average molecular weight is 233 g/mol. The molecule has 0 bridgehead atoms. The van der Waals surface area contributed by atoms with E-state index in [0.717, 1.165) is 5.56 Å². The number of hydrogen-bond donors (Lipinski definition) is 0. The van der Waals surface area contributed by atoms with Crippen LogP contribution in [0.25, 0.3) is 0 Å². The lowest BCUT2D eigenvalue weighted by molar-refractivity contribution is -0.117. The third-order valence-electron chi connectivity index (χ3n) is 2.94. The molecule has 1 saturated heterocycles. The molecule has 2 rings (SSSR count). The van der Waals surface area contributed by atoms with Crippen LogP contribution >= 0.6 is 0 Å². The van der Waals surface area contributed by atoms with Crippen LogP contribution in [0, 0.1) is 0 Å². The minimum Gasteiger partial charge on any atom is -0.445 e. The van der Waals surface area contributed by atoms with Gasteiger partial charge in [-0.2, -0.15) is 0 Å². The predicted molar refractivity (Wildman–Crippen MR) is 62.4 cm³/mol. The quantitative estimate of drug-likeness (QED) is 0.750. The zero-order valence-electron chi connectivity index (χ0n) is 9.92. The van der Waals surface area contributed by atoms with E-state index in [0.29, 0.717) is 0 Å². The molecule has 1 aliphatic heterocycles. The van der Waals surface area contributed by atoms with Crippen LogP contribution in [-0.4, -0.2) is 28.9 Å². The van der Waals surface area contributed by atoms with Crippen LogP contribution < -0.4 is 0 Å². The van der Waals surface area contributed by atoms with Crippen molar-refractivity contribution in [1.29, 1.82) is 0 Å². The number of amides is 1. The van der Waals surface area contributed by atoms with Crippen molar-refractivity contribution >= 4 is 11.9 Å². The Morgan fingerprint density at radius 3 is 2.47 bits per heavy atom. The van der Waals surface area contributed by atoms with E-state index in [4.69, 9.17) is 4.74 Å². The number of carbonyl (C=O) groups is 2. The van der Waals surface area contributed by atoms with Gasteiger partial charge < -0.3 is 4.74 Å². The summed E-state index contributed by atoms with van der Waals surface area (Å²) < 4.78 is 5.14. The summed E-state index contributed by atoms with van der Waals surface area (Å²) in [5, 5.41) is 0. The molecular formula is C13H15NO3. The van der Waals surface area contributed by atoms with E-state index in [9.17, 15) is 9.59 Å². The highest BCUT2D eigenvalue weighted by Crippen LogP contribution is 2.29. The Kier molecular flexibility index (Phi) is 3.13. The normalized spacial score (nSPS) is 22.1. The van der Waals surface area contributed by atoms with E-state index < -0.39 is 6.09 Å². The number of ketones is 1. The minimum atomic E-state index is -0.415. The predicted octanol–water partition coefficient (Wildman–Crippen LogP) is 1.98. The van der Waals surface area contributed by atoms with Crippen LogP contribution in [0.2, 0.25) is 0 Å². The van der Waals surface area contributed by atoms with Gasteiger partial charge in [-0.3, -0.25) is 9.69 Å².